The lowest BCUT2D eigenvalue weighted by Crippen LogP contribution is -2.23. The molecule has 0 aliphatic carbocycles. The zero-order valence-corrected chi connectivity index (χ0v) is 10.2. The number of oxazole rings is 1. The highest BCUT2D eigenvalue weighted by Crippen LogP contribution is 2.13. The van der Waals surface area contributed by atoms with Gasteiger partial charge in [0.15, 0.2) is 5.58 Å². The molecular weight excluding hydrogens is 240 g/mol. The maximum absolute atomic E-state index is 11.3. The molecule has 17 heavy (non-hydrogen) atoms. The summed E-state index contributed by atoms with van der Waals surface area (Å²) < 4.78 is 6.49. The van der Waals surface area contributed by atoms with E-state index in [1.54, 1.807) is 19.2 Å². The van der Waals surface area contributed by atoms with Crippen LogP contribution in [-0.2, 0) is 18.4 Å². The van der Waals surface area contributed by atoms with Crippen LogP contribution < -0.4 is 11.1 Å². The molecule has 2 aromatic rings. The standard InChI is InChI=1S/C11H12N2O3S/c1-13-8-3-2-7(5-12-10(14)6-17)4-9(8)16-11(13)15/h2-4,17H,5-6H2,1H3,(H,12,14). The summed E-state index contributed by atoms with van der Waals surface area (Å²) >= 11 is 3.86. The van der Waals surface area contributed by atoms with Crippen molar-refractivity contribution in [1.29, 1.82) is 0 Å². The van der Waals surface area contributed by atoms with Gasteiger partial charge in [0.05, 0.1) is 11.3 Å². The molecule has 0 fully saturated rings. The van der Waals surface area contributed by atoms with Crippen molar-refractivity contribution in [3.8, 4) is 0 Å². The summed E-state index contributed by atoms with van der Waals surface area (Å²) in [7, 11) is 1.65. The van der Waals surface area contributed by atoms with Gasteiger partial charge in [-0.2, -0.15) is 12.6 Å². The number of aryl methyl sites for hydroxylation is 1. The number of aromatic nitrogens is 1. The lowest BCUT2D eigenvalue weighted by atomic mass is 10.2. The first-order valence-electron chi connectivity index (χ1n) is 5.08. The van der Waals surface area contributed by atoms with E-state index in [0.717, 1.165) is 11.1 Å². The zero-order chi connectivity index (χ0) is 12.4. The summed E-state index contributed by atoms with van der Waals surface area (Å²) in [5.41, 5.74) is 2.14. The Morgan fingerprint density at radius 3 is 3.00 bits per heavy atom. The van der Waals surface area contributed by atoms with Gasteiger partial charge in [-0.3, -0.25) is 9.36 Å². The highest BCUT2D eigenvalue weighted by Gasteiger charge is 2.06. The van der Waals surface area contributed by atoms with Gasteiger partial charge >= 0.3 is 5.76 Å². The summed E-state index contributed by atoms with van der Waals surface area (Å²) in [6, 6.07) is 5.38. The van der Waals surface area contributed by atoms with Crippen LogP contribution in [0.15, 0.2) is 27.4 Å². The first-order chi connectivity index (χ1) is 8.11. The van der Waals surface area contributed by atoms with Crippen LogP contribution in [0.2, 0.25) is 0 Å². The summed E-state index contributed by atoms with van der Waals surface area (Å²) in [6.45, 7) is 0.397. The first-order valence-corrected chi connectivity index (χ1v) is 5.71. The molecule has 1 N–H and O–H groups in total. The molecule has 0 saturated carbocycles. The quantitative estimate of drug-likeness (QED) is 0.789. The van der Waals surface area contributed by atoms with Crippen LogP contribution in [0.3, 0.4) is 0 Å². The fourth-order valence-corrected chi connectivity index (χ4v) is 1.66. The molecule has 0 aliphatic heterocycles. The smallest absolute Gasteiger partial charge is 0.408 e. The Bertz CT molecular complexity index is 615. The van der Waals surface area contributed by atoms with Crippen LogP contribution >= 0.6 is 12.6 Å². The Hall–Kier alpha value is -1.69. The lowest BCUT2D eigenvalue weighted by Gasteiger charge is -2.03. The van der Waals surface area contributed by atoms with Gasteiger partial charge in [0, 0.05) is 13.6 Å². The fraction of sp³-hybridized carbons (Fsp3) is 0.273. The molecule has 0 atom stereocenters. The van der Waals surface area contributed by atoms with Gasteiger partial charge in [0.2, 0.25) is 5.91 Å². The van der Waals surface area contributed by atoms with E-state index in [2.05, 4.69) is 17.9 Å². The van der Waals surface area contributed by atoms with E-state index in [-0.39, 0.29) is 11.7 Å². The molecule has 2 rings (SSSR count). The third-order valence-corrected chi connectivity index (χ3v) is 2.78. The van der Waals surface area contributed by atoms with Crippen LogP contribution in [0.1, 0.15) is 5.56 Å². The molecule has 0 unspecified atom stereocenters. The SMILES string of the molecule is Cn1c(=O)oc2cc(CNC(=O)CS)ccc21. The number of nitrogens with one attached hydrogen (secondary N) is 1. The van der Waals surface area contributed by atoms with Crippen LogP contribution in [0.4, 0.5) is 0 Å². The van der Waals surface area contributed by atoms with E-state index in [1.807, 2.05) is 6.07 Å². The highest BCUT2D eigenvalue weighted by atomic mass is 32.1. The number of carbonyl (C=O) groups is 1. The van der Waals surface area contributed by atoms with Crippen molar-refractivity contribution in [3.05, 3.63) is 34.3 Å². The van der Waals surface area contributed by atoms with Crippen molar-refractivity contribution in [1.82, 2.24) is 9.88 Å². The summed E-state index contributed by atoms with van der Waals surface area (Å²) in [5.74, 6) is -0.373. The first kappa shape index (κ1) is 11.8. The van der Waals surface area contributed by atoms with E-state index in [4.69, 9.17) is 4.42 Å². The molecular formula is C11H12N2O3S. The van der Waals surface area contributed by atoms with E-state index in [1.165, 1.54) is 4.57 Å². The number of amides is 1. The Morgan fingerprint density at radius 1 is 1.53 bits per heavy atom. The van der Waals surface area contributed by atoms with Gasteiger partial charge in [-0.05, 0) is 17.7 Å². The third kappa shape index (κ3) is 2.36. The van der Waals surface area contributed by atoms with Gasteiger partial charge in [0.1, 0.15) is 0 Å². The number of fused-ring (bicyclic) bond motifs is 1. The van der Waals surface area contributed by atoms with Crippen molar-refractivity contribution in [2.75, 3.05) is 5.75 Å². The Balaban J connectivity index is 2.26. The third-order valence-electron chi connectivity index (χ3n) is 2.49. The molecule has 0 saturated heterocycles. The number of hydrogen-bond donors (Lipinski definition) is 2. The molecule has 0 bridgehead atoms. The molecule has 0 aliphatic rings. The summed E-state index contributed by atoms with van der Waals surface area (Å²) in [5, 5.41) is 2.69. The monoisotopic (exact) mass is 252 g/mol. The van der Waals surface area contributed by atoms with Crippen LogP contribution in [0, 0.1) is 0 Å². The largest absolute Gasteiger partial charge is 0.419 e. The second-order valence-corrected chi connectivity index (χ2v) is 3.98. The maximum Gasteiger partial charge on any atom is 0.419 e. The van der Waals surface area contributed by atoms with Crippen molar-refractivity contribution in [3.63, 3.8) is 0 Å². The van der Waals surface area contributed by atoms with Crippen LogP contribution in [-0.4, -0.2) is 16.2 Å². The molecule has 1 aromatic heterocycles. The van der Waals surface area contributed by atoms with Gasteiger partial charge in [0.25, 0.3) is 0 Å². The van der Waals surface area contributed by atoms with Gasteiger partial charge < -0.3 is 9.73 Å². The molecule has 5 nitrogen and oxygen atoms in total. The van der Waals surface area contributed by atoms with E-state index >= 15 is 0 Å². The number of nitrogens with zero attached hydrogens (tertiary/aromatic N) is 1. The second kappa shape index (κ2) is 4.67. The van der Waals surface area contributed by atoms with E-state index < -0.39 is 5.76 Å². The summed E-state index contributed by atoms with van der Waals surface area (Å²) in [4.78, 5) is 22.3. The van der Waals surface area contributed by atoms with Crippen molar-refractivity contribution in [2.45, 2.75) is 6.54 Å². The lowest BCUT2D eigenvalue weighted by molar-refractivity contribution is -0.118. The molecule has 1 amide bonds. The number of benzene rings is 1. The molecule has 1 aromatic carbocycles. The topological polar surface area (TPSA) is 64.2 Å². The zero-order valence-electron chi connectivity index (χ0n) is 9.27. The normalized spacial score (nSPS) is 10.7. The van der Waals surface area contributed by atoms with Gasteiger partial charge in [-0.15, -0.1) is 0 Å². The predicted molar refractivity (Wildman–Crippen MR) is 67.2 cm³/mol. The van der Waals surface area contributed by atoms with Crippen molar-refractivity contribution in [2.24, 2.45) is 7.05 Å². The minimum atomic E-state index is -0.392. The minimum absolute atomic E-state index is 0.136. The average Bonchev–Trinajstić information content (AvgIpc) is 2.62. The maximum atomic E-state index is 11.3. The molecule has 0 spiro atoms. The average molecular weight is 252 g/mol. The minimum Gasteiger partial charge on any atom is -0.408 e. The van der Waals surface area contributed by atoms with Crippen molar-refractivity contribution < 1.29 is 9.21 Å². The van der Waals surface area contributed by atoms with E-state index in [9.17, 15) is 9.59 Å². The number of hydrogen-bond acceptors (Lipinski definition) is 4. The molecule has 90 valence electrons. The summed E-state index contributed by atoms with van der Waals surface area (Å²) in [6.07, 6.45) is 0. The van der Waals surface area contributed by atoms with Crippen LogP contribution in [0.25, 0.3) is 11.1 Å². The fourth-order valence-electron chi connectivity index (χ4n) is 1.54. The predicted octanol–water partition coefficient (Wildman–Crippen LogP) is 0.677. The molecule has 1 heterocycles. The van der Waals surface area contributed by atoms with E-state index in [0.29, 0.717) is 12.1 Å². The molecule has 0 radical (unpaired) electrons. The van der Waals surface area contributed by atoms with Crippen molar-refractivity contribution >= 4 is 29.6 Å². The Labute approximate surface area is 103 Å². The highest BCUT2D eigenvalue weighted by molar-refractivity contribution is 7.81. The molecule has 6 heteroatoms. The number of thiol groups is 1. The van der Waals surface area contributed by atoms with Crippen LogP contribution in [0.5, 0.6) is 0 Å². The second-order valence-electron chi connectivity index (χ2n) is 3.66. The number of carbonyl (C=O) groups excluding carboxylic acids is 1. The van der Waals surface area contributed by atoms with Gasteiger partial charge in [-0.1, -0.05) is 6.07 Å². The number of rotatable bonds is 3. The Morgan fingerprint density at radius 2 is 2.29 bits per heavy atom. The van der Waals surface area contributed by atoms with Gasteiger partial charge in [-0.25, -0.2) is 4.79 Å². The Kier molecular flexibility index (Phi) is 3.23.